The van der Waals surface area contributed by atoms with Gasteiger partial charge in [0.05, 0.1) is 28.5 Å². The highest BCUT2D eigenvalue weighted by Gasteiger charge is 2.39. The maximum Gasteiger partial charge on any atom is 0.0556 e. The fourth-order valence-corrected chi connectivity index (χ4v) is 16.2. The fraction of sp³-hybridized carbons (Fsp3) is 0.0870. The summed E-state index contributed by atoms with van der Waals surface area (Å²) in [4.78, 5) is 5.30. The summed E-state index contributed by atoms with van der Waals surface area (Å²) >= 11 is 0. The zero-order valence-corrected chi connectivity index (χ0v) is 52.9. The van der Waals surface area contributed by atoms with Crippen LogP contribution in [-0.4, -0.2) is 10.6 Å². The van der Waals surface area contributed by atoms with Gasteiger partial charge in [0.15, 0.2) is 0 Å². The average molecular weight is 1220 g/mol. The van der Waals surface area contributed by atoms with Crippen LogP contribution >= 0.6 is 0 Å². The van der Waals surface area contributed by atoms with Crippen LogP contribution in [0.3, 0.4) is 0 Å². The highest BCUT2D eigenvalue weighted by atomic mass is 15.2. The fourth-order valence-electron chi connectivity index (χ4n) is 16.2. The standard InChI is InChI=1S/C92H69N3/c1-4-22-62(23-5-1)44-45-63-54-72(82(69-24-6-2-7-25-69)56-64-46-50-89-83(57-64)84-59-70(78-40-18-30-65-26-10-14-36-76(65)78)47-51-90(84)94(89)87-42-20-32-67-28-12-16-38-80(67)87)58-75(55-63)93(73-34-8-3-9-35-73)74-49-53-92-86(61-74)85-60-71(79-41-19-31-66-27-11-15-37-77(66)79)48-52-91(85)95(92)88-43-21-33-68-29-13-17-39-81(68)88/h1-34,36-43,46-55,57-60,73,82,86H,35,44-45,56,61H2. The number of nitrogens with zero attached hydrogens (tertiary/aromatic N) is 3. The zero-order valence-electron chi connectivity index (χ0n) is 52.9. The van der Waals surface area contributed by atoms with Crippen LogP contribution in [0.25, 0.3) is 92.8 Å². The maximum atomic E-state index is 2.72. The predicted octanol–water partition coefficient (Wildman–Crippen LogP) is 23.7. The van der Waals surface area contributed by atoms with Gasteiger partial charge in [0.2, 0.25) is 0 Å². The second-order valence-corrected chi connectivity index (χ2v) is 26.2. The van der Waals surface area contributed by atoms with Gasteiger partial charge < -0.3 is 14.4 Å². The average Bonchev–Trinajstić information content (AvgIpc) is 1.60. The molecule has 0 amide bonds. The van der Waals surface area contributed by atoms with Crippen molar-refractivity contribution in [3.8, 4) is 27.9 Å². The number of rotatable bonds is 14. The molecule has 0 radical (unpaired) electrons. The normalized spacial score (nSPS) is 15.4. The van der Waals surface area contributed by atoms with Crippen LogP contribution in [0, 0.1) is 0 Å². The van der Waals surface area contributed by atoms with Crippen LogP contribution in [0.5, 0.6) is 0 Å². The van der Waals surface area contributed by atoms with Crippen molar-refractivity contribution >= 4 is 82.0 Å². The van der Waals surface area contributed by atoms with Crippen molar-refractivity contribution in [3.05, 3.63) is 385 Å². The highest BCUT2D eigenvalue weighted by Crippen LogP contribution is 2.55. The van der Waals surface area contributed by atoms with Crippen LogP contribution in [-0.2, 0) is 19.3 Å². The quantitative estimate of drug-likeness (QED) is 0.108. The molecule has 3 heteroatoms. The van der Waals surface area contributed by atoms with Crippen LogP contribution in [0.4, 0.5) is 17.1 Å². The Morgan fingerprint density at radius 2 is 0.958 bits per heavy atom. The van der Waals surface area contributed by atoms with Crippen molar-refractivity contribution in [1.29, 1.82) is 0 Å². The van der Waals surface area contributed by atoms with E-state index in [0.717, 1.165) is 32.1 Å². The van der Waals surface area contributed by atoms with Gasteiger partial charge in [-0.05, 0) is 186 Å². The lowest BCUT2D eigenvalue weighted by molar-refractivity contribution is 0.683. The molecule has 14 aromatic carbocycles. The number of aromatic nitrogens is 1. The molecule has 0 fully saturated rings. The number of allylic oxidation sites excluding steroid dienone is 6. The molecule has 3 unspecified atom stereocenters. The molecule has 3 nitrogen and oxygen atoms in total. The largest absolute Gasteiger partial charge is 0.338 e. The third-order valence-electron chi connectivity index (χ3n) is 20.6. The number of benzene rings is 14. The lowest BCUT2D eigenvalue weighted by atomic mass is 9.83. The van der Waals surface area contributed by atoms with Crippen molar-refractivity contribution in [2.45, 2.75) is 50.0 Å². The van der Waals surface area contributed by atoms with E-state index < -0.39 is 0 Å². The van der Waals surface area contributed by atoms with Gasteiger partial charge in [-0.25, -0.2) is 0 Å². The van der Waals surface area contributed by atoms with Gasteiger partial charge in [-0.3, -0.25) is 0 Å². The van der Waals surface area contributed by atoms with Gasteiger partial charge in [-0.15, -0.1) is 0 Å². The van der Waals surface area contributed by atoms with Crippen molar-refractivity contribution in [2.24, 2.45) is 0 Å². The first-order valence-electron chi connectivity index (χ1n) is 33.8. The van der Waals surface area contributed by atoms with E-state index in [-0.39, 0.29) is 17.9 Å². The first-order valence-corrected chi connectivity index (χ1v) is 33.8. The van der Waals surface area contributed by atoms with Crippen LogP contribution in [0.2, 0.25) is 0 Å². The lowest BCUT2D eigenvalue weighted by Crippen LogP contribution is -2.35. The van der Waals surface area contributed by atoms with Crippen LogP contribution in [0.1, 0.15) is 58.1 Å². The molecule has 3 aliphatic rings. The third-order valence-corrected chi connectivity index (χ3v) is 20.6. The second-order valence-electron chi connectivity index (χ2n) is 26.2. The number of anilines is 3. The van der Waals surface area contributed by atoms with Gasteiger partial charge >= 0.3 is 0 Å². The molecule has 3 atom stereocenters. The van der Waals surface area contributed by atoms with E-state index >= 15 is 0 Å². The summed E-state index contributed by atoms with van der Waals surface area (Å²) in [5, 5.41) is 12.5. The Hall–Kier alpha value is -11.5. The molecule has 2 heterocycles. The van der Waals surface area contributed by atoms with E-state index in [4.69, 9.17) is 0 Å². The minimum Gasteiger partial charge on any atom is -0.338 e. The summed E-state index contributed by atoms with van der Waals surface area (Å²) in [6.07, 6.45) is 18.6. The lowest BCUT2D eigenvalue weighted by Gasteiger charge is -2.38. The van der Waals surface area contributed by atoms with E-state index in [0.29, 0.717) is 0 Å². The minimum absolute atomic E-state index is 0.0423. The SMILES string of the molecule is C1=CCC(N(C2=CC=C3C(C2)c2cc(-c4cccc5ccccc45)ccc2N3c2cccc3ccccc23)c2cc(CCc3ccccc3)cc(C(Cc3ccc4c(c3)c3cc(-c5cccc6ccccc56)ccc3n4-c3cccc4ccccc34)c3ccccc3)c2)C=C1. The molecule has 2 aliphatic carbocycles. The molecule has 0 saturated heterocycles. The molecule has 1 aliphatic heterocycles. The number of hydrogen-bond donors (Lipinski definition) is 0. The molecule has 0 N–H and O–H groups in total. The predicted molar refractivity (Wildman–Crippen MR) is 402 cm³/mol. The molecule has 15 aromatic rings. The summed E-state index contributed by atoms with van der Waals surface area (Å²) in [6.45, 7) is 0. The molecule has 18 rings (SSSR count). The Labute approximate surface area is 555 Å². The summed E-state index contributed by atoms with van der Waals surface area (Å²) < 4.78 is 2.51. The molecular weight excluding hydrogens is 1150 g/mol. The second kappa shape index (κ2) is 23.9. The summed E-state index contributed by atoms with van der Waals surface area (Å²) in [5.74, 6) is 0.146. The van der Waals surface area contributed by atoms with E-state index in [2.05, 4.69) is 354 Å². The monoisotopic (exact) mass is 1220 g/mol. The Kier molecular flexibility index (Phi) is 14.1. The topological polar surface area (TPSA) is 11.4 Å². The number of fused-ring (bicyclic) bond motifs is 10. The number of aryl methyl sites for hydroxylation is 2. The van der Waals surface area contributed by atoms with E-state index in [1.165, 1.54) is 155 Å². The molecule has 0 spiro atoms. The Morgan fingerprint density at radius 1 is 0.389 bits per heavy atom. The summed E-state index contributed by atoms with van der Waals surface area (Å²) in [7, 11) is 0. The number of hydrogen-bond acceptors (Lipinski definition) is 2. The van der Waals surface area contributed by atoms with E-state index in [1.54, 1.807) is 0 Å². The van der Waals surface area contributed by atoms with Crippen molar-refractivity contribution in [2.75, 3.05) is 9.80 Å². The Morgan fingerprint density at radius 3 is 1.65 bits per heavy atom. The van der Waals surface area contributed by atoms with Gasteiger partial charge in [-0.1, -0.05) is 267 Å². The van der Waals surface area contributed by atoms with Crippen LogP contribution in [0.15, 0.2) is 351 Å². The highest BCUT2D eigenvalue weighted by molar-refractivity contribution is 6.13. The molecule has 95 heavy (non-hydrogen) atoms. The van der Waals surface area contributed by atoms with E-state index in [9.17, 15) is 0 Å². The van der Waals surface area contributed by atoms with Crippen molar-refractivity contribution < 1.29 is 0 Å². The molecule has 1 aromatic heterocycles. The Balaban J connectivity index is 0.793. The van der Waals surface area contributed by atoms with Gasteiger partial charge in [0, 0.05) is 62.6 Å². The first-order chi connectivity index (χ1) is 47.1. The van der Waals surface area contributed by atoms with Crippen LogP contribution < -0.4 is 9.80 Å². The van der Waals surface area contributed by atoms with Crippen molar-refractivity contribution in [1.82, 2.24) is 4.57 Å². The summed E-state index contributed by atoms with van der Waals surface area (Å²) in [6, 6.07) is 114. The van der Waals surface area contributed by atoms with Crippen molar-refractivity contribution in [3.63, 3.8) is 0 Å². The van der Waals surface area contributed by atoms with E-state index in [1.807, 2.05) is 0 Å². The molecule has 452 valence electrons. The Bertz CT molecular complexity index is 5610. The van der Waals surface area contributed by atoms with Gasteiger partial charge in [-0.2, -0.15) is 0 Å². The minimum atomic E-state index is 0.0423. The zero-order chi connectivity index (χ0) is 62.8. The maximum absolute atomic E-state index is 2.72. The molecule has 0 saturated carbocycles. The molecular formula is C92H69N3. The van der Waals surface area contributed by atoms with Gasteiger partial charge in [0.25, 0.3) is 0 Å². The third kappa shape index (κ3) is 10.1. The smallest absolute Gasteiger partial charge is 0.0556 e. The van der Waals surface area contributed by atoms with Gasteiger partial charge in [0.1, 0.15) is 0 Å². The molecule has 0 bridgehead atoms. The first kappa shape index (κ1) is 56.2. The summed E-state index contributed by atoms with van der Waals surface area (Å²) in [5.41, 5.74) is 22.9.